The fourth-order valence-corrected chi connectivity index (χ4v) is 2.86. The molecule has 0 spiro atoms. The first kappa shape index (κ1) is 16.1. The summed E-state index contributed by atoms with van der Waals surface area (Å²) in [4.78, 5) is 6.17. The molecule has 2 N–H and O–H groups in total. The molecule has 3 nitrogen and oxygen atoms in total. The van der Waals surface area contributed by atoms with Crippen LogP contribution in [0, 0.1) is 0 Å². The molecule has 1 heterocycles. The highest BCUT2D eigenvalue weighted by atomic mass is 19.4. The molecule has 0 aliphatic heterocycles. The van der Waals surface area contributed by atoms with E-state index in [-0.39, 0.29) is 0 Å². The van der Waals surface area contributed by atoms with Gasteiger partial charge in [-0.2, -0.15) is 13.2 Å². The fraction of sp³-hybridized carbons (Fsp3) is 0.667. The summed E-state index contributed by atoms with van der Waals surface area (Å²) in [7, 11) is 0. The molecule has 6 heteroatoms. The molecular weight excluding hydrogens is 279 g/mol. The van der Waals surface area contributed by atoms with Gasteiger partial charge in [0.15, 0.2) is 0 Å². The van der Waals surface area contributed by atoms with Crippen LogP contribution < -0.4 is 10.6 Å². The van der Waals surface area contributed by atoms with Crippen molar-refractivity contribution in [1.82, 2.24) is 4.98 Å². The largest absolute Gasteiger partial charge is 0.417 e. The molecule has 2 rings (SSSR count). The summed E-state index contributed by atoms with van der Waals surface area (Å²) in [6.07, 6.45) is 3.14. The van der Waals surface area contributed by atoms with Crippen LogP contribution in [0.5, 0.6) is 0 Å². The zero-order valence-corrected chi connectivity index (χ0v) is 12.1. The molecule has 1 aromatic rings. The first-order chi connectivity index (χ1) is 10.0. The maximum Gasteiger partial charge on any atom is 0.417 e. The summed E-state index contributed by atoms with van der Waals surface area (Å²) in [6, 6.07) is 2.96. The van der Waals surface area contributed by atoms with Crippen molar-refractivity contribution in [3.8, 4) is 0 Å². The number of anilines is 1. The highest BCUT2D eigenvalue weighted by Crippen LogP contribution is 2.31. The molecule has 0 saturated heterocycles. The van der Waals surface area contributed by atoms with Gasteiger partial charge in [0.05, 0.1) is 5.56 Å². The molecule has 0 unspecified atom stereocenters. The average molecular weight is 301 g/mol. The number of nitrogens with two attached hydrogens (primary N) is 1. The lowest BCUT2D eigenvalue weighted by atomic mass is 9.94. The van der Waals surface area contributed by atoms with E-state index >= 15 is 0 Å². The second kappa shape index (κ2) is 7.11. The van der Waals surface area contributed by atoms with Gasteiger partial charge in [-0.15, -0.1) is 0 Å². The molecule has 1 fully saturated rings. The third kappa shape index (κ3) is 4.33. The van der Waals surface area contributed by atoms with Crippen molar-refractivity contribution in [1.29, 1.82) is 0 Å². The van der Waals surface area contributed by atoms with E-state index in [1.54, 1.807) is 0 Å². The van der Waals surface area contributed by atoms with E-state index in [4.69, 9.17) is 5.73 Å². The van der Waals surface area contributed by atoms with Crippen molar-refractivity contribution in [2.75, 3.05) is 18.0 Å². The minimum Gasteiger partial charge on any atom is -0.354 e. The SMILES string of the molecule is NCCCN(c1ccc(C(F)(F)F)cn1)C1CCCCC1. The van der Waals surface area contributed by atoms with Crippen LogP contribution in [0.1, 0.15) is 44.1 Å². The number of rotatable bonds is 5. The Kier molecular flexibility index (Phi) is 5.45. The molecular formula is C15H22F3N3. The monoisotopic (exact) mass is 301 g/mol. The van der Waals surface area contributed by atoms with Crippen LogP contribution in [0.15, 0.2) is 18.3 Å². The van der Waals surface area contributed by atoms with Crippen molar-refractivity contribution in [2.45, 2.75) is 50.7 Å². The maximum atomic E-state index is 12.6. The Morgan fingerprint density at radius 3 is 2.43 bits per heavy atom. The van der Waals surface area contributed by atoms with E-state index in [0.717, 1.165) is 38.1 Å². The molecule has 0 atom stereocenters. The fourth-order valence-electron chi connectivity index (χ4n) is 2.86. The number of pyridine rings is 1. The lowest BCUT2D eigenvalue weighted by molar-refractivity contribution is -0.137. The predicted molar refractivity (Wildman–Crippen MR) is 77.1 cm³/mol. The number of alkyl halides is 3. The number of halogens is 3. The van der Waals surface area contributed by atoms with Crippen LogP contribution >= 0.6 is 0 Å². The zero-order chi connectivity index (χ0) is 15.3. The van der Waals surface area contributed by atoms with Gasteiger partial charge in [-0.25, -0.2) is 4.98 Å². The van der Waals surface area contributed by atoms with Crippen LogP contribution in [0.4, 0.5) is 19.0 Å². The highest BCUT2D eigenvalue weighted by Gasteiger charge is 2.31. The smallest absolute Gasteiger partial charge is 0.354 e. The lowest BCUT2D eigenvalue weighted by Crippen LogP contribution is -2.38. The maximum absolute atomic E-state index is 12.6. The van der Waals surface area contributed by atoms with Gasteiger partial charge in [0, 0.05) is 18.8 Å². The number of nitrogens with zero attached hydrogens (tertiary/aromatic N) is 2. The molecule has 21 heavy (non-hydrogen) atoms. The van der Waals surface area contributed by atoms with Crippen molar-refractivity contribution < 1.29 is 13.2 Å². The summed E-state index contributed by atoms with van der Waals surface area (Å²) < 4.78 is 37.8. The Morgan fingerprint density at radius 2 is 1.90 bits per heavy atom. The molecule has 0 bridgehead atoms. The molecule has 1 saturated carbocycles. The zero-order valence-electron chi connectivity index (χ0n) is 12.1. The van der Waals surface area contributed by atoms with Gasteiger partial charge < -0.3 is 10.6 Å². The average Bonchev–Trinajstić information content (AvgIpc) is 2.48. The van der Waals surface area contributed by atoms with E-state index < -0.39 is 11.7 Å². The van der Waals surface area contributed by atoms with Gasteiger partial charge in [-0.1, -0.05) is 19.3 Å². The van der Waals surface area contributed by atoms with Gasteiger partial charge in [0.2, 0.25) is 0 Å². The molecule has 1 aliphatic rings. The van der Waals surface area contributed by atoms with Crippen LogP contribution in [-0.2, 0) is 6.18 Å². The molecule has 118 valence electrons. The van der Waals surface area contributed by atoms with Crippen LogP contribution in [0.25, 0.3) is 0 Å². The standard InChI is InChI=1S/C15H22F3N3/c16-15(17,18)12-7-8-14(20-11-12)21(10-4-9-19)13-5-2-1-3-6-13/h7-8,11,13H,1-6,9-10,19H2. The number of hydrogen-bond donors (Lipinski definition) is 1. The summed E-state index contributed by atoms with van der Waals surface area (Å²) >= 11 is 0. The first-order valence-electron chi connectivity index (χ1n) is 7.52. The van der Waals surface area contributed by atoms with E-state index in [1.165, 1.54) is 25.3 Å². The van der Waals surface area contributed by atoms with Crippen LogP contribution in [0.3, 0.4) is 0 Å². The van der Waals surface area contributed by atoms with Crippen molar-refractivity contribution >= 4 is 5.82 Å². The number of aromatic nitrogens is 1. The Labute approximate surface area is 123 Å². The second-order valence-corrected chi connectivity index (χ2v) is 5.53. The predicted octanol–water partition coefficient (Wildman–Crippen LogP) is 3.59. The number of hydrogen-bond acceptors (Lipinski definition) is 3. The van der Waals surface area contributed by atoms with Gasteiger partial charge in [0.25, 0.3) is 0 Å². The topological polar surface area (TPSA) is 42.1 Å². The molecule has 0 radical (unpaired) electrons. The van der Waals surface area contributed by atoms with E-state index in [9.17, 15) is 13.2 Å². The van der Waals surface area contributed by atoms with Crippen molar-refractivity contribution in [3.05, 3.63) is 23.9 Å². The Morgan fingerprint density at radius 1 is 1.19 bits per heavy atom. The van der Waals surface area contributed by atoms with E-state index in [2.05, 4.69) is 9.88 Å². The Hall–Kier alpha value is -1.30. The third-order valence-corrected chi connectivity index (χ3v) is 3.99. The normalized spacial score (nSPS) is 17.0. The molecule has 0 amide bonds. The third-order valence-electron chi connectivity index (χ3n) is 3.99. The van der Waals surface area contributed by atoms with Gasteiger partial charge in [-0.05, 0) is 37.9 Å². The molecule has 1 aliphatic carbocycles. The summed E-state index contributed by atoms with van der Waals surface area (Å²) in [5.41, 5.74) is 4.87. The molecule has 1 aromatic heterocycles. The van der Waals surface area contributed by atoms with Crippen molar-refractivity contribution in [2.24, 2.45) is 5.73 Å². The van der Waals surface area contributed by atoms with Gasteiger partial charge >= 0.3 is 6.18 Å². The Bertz CT molecular complexity index is 425. The first-order valence-corrected chi connectivity index (χ1v) is 7.52. The van der Waals surface area contributed by atoms with Crippen molar-refractivity contribution in [3.63, 3.8) is 0 Å². The summed E-state index contributed by atoms with van der Waals surface area (Å²) in [6.45, 7) is 1.32. The minimum absolute atomic E-state index is 0.370. The van der Waals surface area contributed by atoms with E-state index in [1.807, 2.05) is 0 Å². The summed E-state index contributed by atoms with van der Waals surface area (Å²) in [5, 5.41) is 0. The van der Waals surface area contributed by atoms with Gasteiger partial charge in [0.1, 0.15) is 5.82 Å². The summed E-state index contributed by atoms with van der Waals surface area (Å²) in [5.74, 6) is 0.628. The van der Waals surface area contributed by atoms with Crippen LogP contribution in [0.2, 0.25) is 0 Å². The molecule has 0 aromatic carbocycles. The second-order valence-electron chi connectivity index (χ2n) is 5.53. The lowest BCUT2D eigenvalue weighted by Gasteiger charge is -2.35. The Balaban J connectivity index is 2.15. The van der Waals surface area contributed by atoms with E-state index in [0.29, 0.717) is 18.4 Å². The minimum atomic E-state index is -4.33. The van der Waals surface area contributed by atoms with Gasteiger partial charge in [-0.3, -0.25) is 0 Å². The van der Waals surface area contributed by atoms with Crippen LogP contribution in [-0.4, -0.2) is 24.1 Å². The quantitative estimate of drug-likeness (QED) is 0.903. The highest BCUT2D eigenvalue weighted by molar-refractivity contribution is 5.41.